The second kappa shape index (κ2) is 5.21. The van der Waals surface area contributed by atoms with Crippen molar-refractivity contribution in [2.75, 3.05) is 6.54 Å². The average molecular weight is 205 g/mol. The molecule has 0 aliphatic heterocycles. The SMILES string of the molecule is NCC1CCCCCC1c1cnccn1. The van der Waals surface area contributed by atoms with Gasteiger partial charge in [0.1, 0.15) is 0 Å². The van der Waals surface area contributed by atoms with Gasteiger partial charge in [-0.1, -0.05) is 19.3 Å². The van der Waals surface area contributed by atoms with Crippen LogP contribution >= 0.6 is 0 Å². The zero-order valence-corrected chi connectivity index (χ0v) is 9.10. The fourth-order valence-electron chi connectivity index (χ4n) is 2.56. The molecule has 1 aliphatic rings. The quantitative estimate of drug-likeness (QED) is 0.752. The summed E-state index contributed by atoms with van der Waals surface area (Å²) in [6.45, 7) is 0.779. The highest BCUT2D eigenvalue weighted by Gasteiger charge is 2.24. The number of aromatic nitrogens is 2. The fourth-order valence-corrected chi connectivity index (χ4v) is 2.56. The molecule has 1 aromatic rings. The second-order valence-electron chi connectivity index (χ2n) is 4.37. The fraction of sp³-hybridized carbons (Fsp3) is 0.667. The Morgan fingerprint density at radius 1 is 1.20 bits per heavy atom. The van der Waals surface area contributed by atoms with Gasteiger partial charge in [-0.05, 0) is 25.3 Å². The lowest BCUT2D eigenvalue weighted by Gasteiger charge is -2.22. The number of nitrogens with zero attached hydrogens (tertiary/aromatic N) is 2. The molecule has 0 bridgehead atoms. The maximum atomic E-state index is 5.85. The summed E-state index contributed by atoms with van der Waals surface area (Å²) >= 11 is 0. The van der Waals surface area contributed by atoms with Crippen molar-refractivity contribution in [3.63, 3.8) is 0 Å². The second-order valence-corrected chi connectivity index (χ2v) is 4.37. The highest BCUT2D eigenvalue weighted by molar-refractivity contribution is 5.06. The van der Waals surface area contributed by atoms with Gasteiger partial charge in [-0.3, -0.25) is 9.97 Å². The molecule has 1 heterocycles. The van der Waals surface area contributed by atoms with Gasteiger partial charge in [-0.15, -0.1) is 0 Å². The Balaban J connectivity index is 2.16. The predicted octanol–water partition coefficient (Wildman–Crippen LogP) is 2.10. The first-order valence-corrected chi connectivity index (χ1v) is 5.88. The third-order valence-electron chi connectivity index (χ3n) is 3.42. The molecule has 0 radical (unpaired) electrons. The molecule has 2 N–H and O–H groups in total. The van der Waals surface area contributed by atoms with Crippen LogP contribution in [0.25, 0.3) is 0 Å². The van der Waals surface area contributed by atoms with Crippen molar-refractivity contribution in [1.82, 2.24) is 9.97 Å². The van der Waals surface area contributed by atoms with Gasteiger partial charge >= 0.3 is 0 Å². The molecule has 1 saturated carbocycles. The van der Waals surface area contributed by atoms with E-state index in [4.69, 9.17) is 5.73 Å². The molecule has 0 amide bonds. The van der Waals surface area contributed by atoms with Gasteiger partial charge in [0.2, 0.25) is 0 Å². The molecule has 0 spiro atoms. The molecule has 2 rings (SSSR count). The molecule has 1 aromatic heterocycles. The van der Waals surface area contributed by atoms with Crippen molar-refractivity contribution in [2.45, 2.75) is 38.0 Å². The normalized spacial score (nSPS) is 27.3. The lowest BCUT2D eigenvalue weighted by atomic mass is 9.85. The minimum Gasteiger partial charge on any atom is -0.330 e. The Kier molecular flexibility index (Phi) is 3.67. The van der Waals surface area contributed by atoms with Gasteiger partial charge < -0.3 is 5.73 Å². The molecule has 3 heteroatoms. The smallest absolute Gasteiger partial charge is 0.0620 e. The van der Waals surface area contributed by atoms with E-state index in [1.807, 2.05) is 6.20 Å². The standard InChI is InChI=1S/C12H19N3/c13-8-10-4-2-1-3-5-11(10)12-9-14-6-7-15-12/h6-7,9-11H,1-5,8,13H2. The van der Waals surface area contributed by atoms with Crippen LogP contribution in [0.15, 0.2) is 18.6 Å². The first-order valence-electron chi connectivity index (χ1n) is 5.88. The van der Waals surface area contributed by atoms with E-state index in [-0.39, 0.29) is 0 Å². The Morgan fingerprint density at radius 2 is 2.07 bits per heavy atom. The number of nitrogens with two attached hydrogens (primary N) is 1. The maximum absolute atomic E-state index is 5.85. The summed E-state index contributed by atoms with van der Waals surface area (Å²) in [6.07, 6.45) is 11.9. The molecule has 15 heavy (non-hydrogen) atoms. The first-order chi connectivity index (χ1) is 7.42. The van der Waals surface area contributed by atoms with E-state index in [0.717, 1.165) is 12.2 Å². The lowest BCUT2D eigenvalue weighted by Crippen LogP contribution is -2.21. The third-order valence-corrected chi connectivity index (χ3v) is 3.42. The van der Waals surface area contributed by atoms with Crippen molar-refractivity contribution in [3.05, 3.63) is 24.3 Å². The van der Waals surface area contributed by atoms with Crippen LogP contribution in [-0.4, -0.2) is 16.5 Å². The van der Waals surface area contributed by atoms with Gasteiger partial charge in [0.15, 0.2) is 0 Å². The number of hydrogen-bond acceptors (Lipinski definition) is 3. The monoisotopic (exact) mass is 205 g/mol. The lowest BCUT2D eigenvalue weighted by molar-refractivity contribution is 0.400. The Morgan fingerprint density at radius 3 is 2.80 bits per heavy atom. The largest absolute Gasteiger partial charge is 0.330 e. The molecule has 82 valence electrons. The van der Waals surface area contributed by atoms with E-state index in [0.29, 0.717) is 11.8 Å². The van der Waals surface area contributed by atoms with Crippen LogP contribution in [0.1, 0.15) is 43.7 Å². The van der Waals surface area contributed by atoms with Crippen LogP contribution in [0.3, 0.4) is 0 Å². The molecule has 1 aliphatic carbocycles. The van der Waals surface area contributed by atoms with Crippen LogP contribution in [0.4, 0.5) is 0 Å². The topological polar surface area (TPSA) is 51.8 Å². The van der Waals surface area contributed by atoms with Crippen LogP contribution in [0.5, 0.6) is 0 Å². The molecule has 0 saturated heterocycles. The zero-order chi connectivity index (χ0) is 10.5. The van der Waals surface area contributed by atoms with Crippen molar-refractivity contribution in [2.24, 2.45) is 11.7 Å². The summed E-state index contributed by atoms with van der Waals surface area (Å²) in [4.78, 5) is 8.58. The van der Waals surface area contributed by atoms with E-state index >= 15 is 0 Å². The summed E-state index contributed by atoms with van der Waals surface area (Å²) in [5.41, 5.74) is 6.99. The van der Waals surface area contributed by atoms with E-state index in [9.17, 15) is 0 Å². The molecular formula is C12H19N3. The summed E-state index contributed by atoms with van der Waals surface area (Å²) in [5.74, 6) is 1.13. The van der Waals surface area contributed by atoms with Gasteiger partial charge in [0.25, 0.3) is 0 Å². The molecular weight excluding hydrogens is 186 g/mol. The third kappa shape index (κ3) is 2.53. The van der Waals surface area contributed by atoms with Gasteiger partial charge in [0.05, 0.1) is 5.69 Å². The van der Waals surface area contributed by atoms with E-state index in [2.05, 4.69) is 9.97 Å². The molecule has 2 unspecified atom stereocenters. The van der Waals surface area contributed by atoms with Crippen LogP contribution in [-0.2, 0) is 0 Å². The molecule has 3 nitrogen and oxygen atoms in total. The van der Waals surface area contributed by atoms with Crippen molar-refractivity contribution < 1.29 is 0 Å². The zero-order valence-electron chi connectivity index (χ0n) is 9.10. The number of hydrogen-bond donors (Lipinski definition) is 1. The Bertz CT molecular complexity index is 286. The maximum Gasteiger partial charge on any atom is 0.0620 e. The highest BCUT2D eigenvalue weighted by atomic mass is 14.8. The molecule has 0 aromatic carbocycles. The summed E-state index contributed by atoms with van der Waals surface area (Å²) < 4.78 is 0. The van der Waals surface area contributed by atoms with E-state index < -0.39 is 0 Å². The van der Waals surface area contributed by atoms with Crippen LogP contribution < -0.4 is 5.73 Å². The summed E-state index contributed by atoms with van der Waals surface area (Å²) in [6, 6.07) is 0. The van der Waals surface area contributed by atoms with Crippen molar-refractivity contribution in [1.29, 1.82) is 0 Å². The van der Waals surface area contributed by atoms with E-state index in [1.165, 1.54) is 32.1 Å². The van der Waals surface area contributed by atoms with Gasteiger partial charge in [-0.25, -0.2) is 0 Å². The summed E-state index contributed by atoms with van der Waals surface area (Å²) in [7, 11) is 0. The average Bonchev–Trinajstić information content (AvgIpc) is 2.55. The molecule has 2 atom stereocenters. The van der Waals surface area contributed by atoms with Gasteiger partial charge in [-0.2, -0.15) is 0 Å². The van der Waals surface area contributed by atoms with E-state index in [1.54, 1.807) is 12.4 Å². The first kappa shape index (κ1) is 10.6. The van der Waals surface area contributed by atoms with Crippen molar-refractivity contribution >= 4 is 0 Å². The minimum atomic E-state index is 0.534. The highest BCUT2D eigenvalue weighted by Crippen LogP contribution is 2.34. The van der Waals surface area contributed by atoms with Crippen molar-refractivity contribution in [3.8, 4) is 0 Å². The summed E-state index contributed by atoms with van der Waals surface area (Å²) in [5, 5.41) is 0. The molecule has 1 fully saturated rings. The van der Waals surface area contributed by atoms with Crippen LogP contribution in [0.2, 0.25) is 0 Å². The Labute approximate surface area is 91.1 Å². The minimum absolute atomic E-state index is 0.534. The number of rotatable bonds is 2. The Hall–Kier alpha value is -0.960. The van der Waals surface area contributed by atoms with Gasteiger partial charge in [0, 0.05) is 24.5 Å². The predicted molar refractivity (Wildman–Crippen MR) is 60.4 cm³/mol. The van der Waals surface area contributed by atoms with Crippen LogP contribution in [0, 0.1) is 5.92 Å².